The summed E-state index contributed by atoms with van der Waals surface area (Å²) < 4.78 is 5.22. The minimum Gasteiger partial charge on any atom is -0.496 e. The topological polar surface area (TPSA) is 53.0 Å². The first-order chi connectivity index (χ1) is 9.63. The number of aryl methyl sites for hydroxylation is 1. The van der Waals surface area contributed by atoms with Crippen LogP contribution in [-0.4, -0.2) is 61.2 Å². The zero-order valence-corrected chi connectivity index (χ0v) is 12.1. The summed E-state index contributed by atoms with van der Waals surface area (Å²) in [5, 5.41) is 10.3. The van der Waals surface area contributed by atoms with Crippen LogP contribution in [-0.2, 0) is 4.79 Å². The monoisotopic (exact) mass is 278 g/mol. The second-order valence-electron chi connectivity index (χ2n) is 5.19. The molecular formula is C15H22N2O3. The highest BCUT2D eigenvalue weighted by atomic mass is 16.5. The summed E-state index contributed by atoms with van der Waals surface area (Å²) in [7, 11) is 1.64. The molecule has 0 aromatic heterocycles. The molecule has 0 aliphatic carbocycles. The zero-order valence-electron chi connectivity index (χ0n) is 12.1. The molecule has 20 heavy (non-hydrogen) atoms. The van der Waals surface area contributed by atoms with Crippen LogP contribution in [0, 0.1) is 6.92 Å². The van der Waals surface area contributed by atoms with E-state index in [2.05, 4.69) is 4.90 Å². The Hall–Kier alpha value is -1.59. The number of ether oxygens (including phenoxy) is 1. The van der Waals surface area contributed by atoms with E-state index in [9.17, 15) is 9.90 Å². The van der Waals surface area contributed by atoms with Crippen LogP contribution in [0.4, 0.5) is 0 Å². The lowest BCUT2D eigenvalue weighted by atomic mass is 10.1. The molecule has 1 aromatic carbocycles. The molecule has 1 atom stereocenters. The fourth-order valence-corrected chi connectivity index (χ4v) is 2.51. The van der Waals surface area contributed by atoms with E-state index < -0.39 is 6.10 Å². The van der Waals surface area contributed by atoms with E-state index in [4.69, 9.17) is 4.74 Å². The number of carbonyl (C=O) groups is 1. The number of hydrogen-bond acceptors (Lipinski definition) is 4. The van der Waals surface area contributed by atoms with Crippen LogP contribution >= 0.6 is 0 Å². The Labute approximate surface area is 119 Å². The first kappa shape index (κ1) is 14.8. The Morgan fingerprint density at radius 3 is 2.60 bits per heavy atom. The molecule has 5 nitrogen and oxygen atoms in total. The number of aliphatic hydroxyl groups excluding tert-OH is 1. The van der Waals surface area contributed by atoms with Crippen molar-refractivity contribution in [3.63, 3.8) is 0 Å². The van der Waals surface area contributed by atoms with Gasteiger partial charge in [0.2, 0.25) is 6.41 Å². The van der Waals surface area contributed by atoms with Crippen LogP contribution in [0.15, 0.2) is 18.2 Å². The third-order valence-electron chi connectivity index (χ3n) is 3.79. The van der Waals surface area contributed by atoms with E-state index in [0.717, 1.165) is 49.5 Å². The van der Waals surface area contributed by atoms with Gasteiger partial charge in [0.05, 0.1) is 13.2 Å². The van der Waals surface area contributed by atoms with Crippen molar-refractivity contribution in [1.29, 1.82) is 0 Å². The first-order valence-corrected chi connectivity index (χ1v) is 6.88. The number of hydrogen-bond donors (Lipinski definition) is 1. The molecule has 1 unspecified atom stereocenters. The second kappa shape index (κ2) is 6.72. The van der Waals surface area contributed by atoms with Crippen molar-refractivity contribution in [3.05, 3.63) is 29.3 Å². The normalized spacial score (nSPS) is 17.9. The predicted octanol–water partition coefficient (Wildman–Crippen LogP) is 0.811. The van der Waals surface area contributed by atoms with E-state index in [1.165, 1.54) is 0 Å². The number of benzene rings is 1. The van der Waals surface area contributed by atoms with Crippen LogP contribution in [0.3, 0.4) is 0 Å². The largest absolute Gasteiger partial charge is 0.496 e. The number of methoxy groups -OCH3 is 1. The summed E-state index contributed by atoms with van der Waals surface area (Å²) in [4.78, 5) is 14.6. The van der Waals surface area contributed by atoms with E-state index in [0.29, 0.717) is 6.54 Å². The minimum absolute atomic E-state index is 0.512. The van der Waals surface area contributed by atoms with Gasteiger partial charge in [-0.25, -0.2) is 0 Å². The maximum absolute atomic E-state index is 10.7. The Balaban J connectivity index is 1.93. The molecule has 2 rings (SSSR count). The Bertz CT molecular complexity index is 456. The van der Waals surface area contributed by atoms with E-state index in [-0.39, 0.29) is 0 Å². The number of piperazine rings is 1. The van der Waals surface area contributed by atoms with Crippen molar-refractivity contribution < 1.29 is 14.6 Å². The van der Waals surface area contributed by atoms with Crippen LogP contribution in [0.1, 0.15) is 17.2 Å². The molecule has 0 spiro atoms. The summed E-state index contributed by atoms with van der Waals surface area (Å²) >= 11 is 0. The molecular weight excluding hydrogens is 256 g/mol. The SMILES string of the molecule is COc1ccc(C(O)CN2CCN(C=O)CC2)cc1C. The van der Waals surface area contributed by atoms with Gasteiger partial charge in [-0.05, 0) is 30.2 Å². The average Bonchev–Trinajstić information content (AvgIpc) is 2.48. The highest BCUT2D eigenvalue weighted by molar-refractivity contribution is 5.47. The van der Waals surface area contributed by atoms with Crippen LogP contribution in [0.25, 0.3) is 0 Å². The van der Waals surface area contributed by atoms with E-state index >= 15 is 0 Å². The van der Waals surface area contributed by atoms with Gasteiger partial charge in [-0.2, -0.15) is 0 Å². The van der Waals surface area contributed by atoms with Crippen molar-refractivity contribution >= 4 is 6.41 Å². The maximum Gasteiger partial charge on any atom is 0.209 e. The molecule has 0 radical (unpaired) electrons. The van der Waals surface area contributed by atoms with Crippen molar-refractivity contribution in [3.8, 4) is 5.75 Å². The summed E-state index contributed by atoms with van der Waals surface area (Å²) in [5.41, 5.74) is 1.93. The number of aliphatic hydroxyl groups is 1. The van der Waals surface area contributed by atoms with E-state index in [1.54, 1.807) is 12.0 Å². The van der Waals surface area contributed by atoms with Crippen LogP contribution in [0.5, 0.6) is 5.75 Å². The average molecular weight is 278 g/mol. The highest BCUT2D eigenvalue weighted by Crippen LogP contribution is 2.23. The van der Waals surface area contributed by atoms with Gasteiger partial charge >= 0.3 is 0 Å². The van der Waals surface area contributed by atoms with Gasteiger partial charge in [0, 0.05) is 32.7 Å². The molecule has 1 saturated heterocycles. The minimum atomic E-state index is -0.512. The maximum atomic E-state index is 10.7. The van der Waals surface area contributed by atoms with Crippen molar-refractivity contribution in [2.24, 2.45) is 0 Å². The molecule has 1 N–H and O–H groups in total. The fraction of sp³-hybridized carbons (Fsp3) is 0.533. The summed E-state index contributed by atoms with van der Waals surface area (Å²) in [5.74, 6) is 0.834. The van der Waals surface area contributed by atoms with Crippen molar-refractivity contribution in [2.45, 2.75) is 13.0 Å². The number of carbonyl (C=O) groups excluding carboxylic acids is 1. The lowest BCUT2D eigenvalue weighted by Crippen LogP contribution is -2.46. The highest BCUT2D eigenvalue weighted by Gasteiger charge is 2.19. The van der Waals surface area contributed by atoms with Crippen LogP contribution < -0.4 is 4.74 Å². The van der Waals surface area contributed by atoms with E-state index in [1.807, 2.05) is 25.1 Å². The molecule has 0 saturated carbocycles. The fourth-order valence-electron chi connectivity index (χ4n) is 2.51. The first-order valence-electron chi connectivity index (χ1n) is 6.88. The molecule has 1 heterocycles. The predicted molar refractivity (Wildman–Crippen MR) is 76.8 cm³/mol. The third-order valence-corrected chi connectivity index (χ3v) is 3.79. The lowest BCUT2D eigenvalue weighted by Gasteiger charge is -2.33. The molecule has 110 valence electrons. The molecule has 1 fully saturated rings. The Morgan fingerprint density at radius 2 is 2.05 bits per heavy atom. The van der Waals surface area contributed by atoms with Crippen LogP contribution in [0.2, 0.25) is 0 Å². The van der Waals surface area contributed by atoms with Gasteiger partial charge in [-0.1, -0.05) is 6.07 Å². The van der Waals surface area contributed by atoms with Gasteiger partial charge in [0.15, 0.2) is 0 Å². The second-order valence-corrected chi connectivity index (χ2v) is 5.19. The summed E-state index contributed by atoms with van der Waals surface area (Å²) in [6, 6.07) is 5.75. The number of rotatable bonds is 5. The quantitative estimate of drug-likeness (QED) is 0.810. The molecule has 1 aromatic rings. The van der Waals surface area contributed by atoms with Gasteiger partial charge in [0.25, 0.3) is 0 Å². The molecule has 5 heteroatoms. The smallest absolute Gasteiger partial charge is 0.209 e. The van der Waals surface area contributed by atoms with Gasteiger partial charge in [-0.15, -0.1) is 0 Å². The summed E-state index contributed by atoms with van der Waals surface area (Å²) in [6.07, 6.45) is 0.378. The van der Waals surface area contributed by atoms with Gasteiger partial charge in [0.1, 0.15) is 5.75 Å². The number of nitrogens with zero attached hydrogens (tertiary/aromatic N) is 2. The Morgan fingerprint density at radius 1 is 1.35 bits per heavy atom. The molecule has 1 aliphatic rings. The summed E-state index contributed by atoms with van der Waals surface area (Å²) in [6.45, 7) is 5.65. The van der Waals surface area contributed by atoms with Gasteiger partial charge < -0.3 is 14.7 Å². The van der Waals surface area contributed by atoms with Crippen molar-refractivity contribution in [2.75, 3.05) is 39.8 Å². The molecule has 1 aliphatic heterocycles. The van der Waals surface area contributed by atoms with Crippen molar-refractivity contribution in [1.82, 2.24) is 9.80 Å². The lowest BCUT2D eigenvalue weighted by molar-refractivity contribution is -0.119. The Kier molecular flexibility index (Phi) is 4.98. The number of β-amino-alcohol motifs (C(OH)–C–C–N with tert-alkyl or cyclic N) is 1. The zero-order chi connectivity index (χ0) is 14.5. The standard InChI is InChI=1S/C15H22N2O3/c1-12-9-13(3-4-15(12)20-2)14(19)10-16-5-7-17(11-18)8-6-16/h3-4,9,11,14,19H,5-8,10H2,1-2H3. The molecule has 0 bridgehead atoms. The number of amides is 1. The molecule has 1 amide bonds. The third kappa shape index (κ3) is 3.49. The van der Waals surface area contributed by atoms with Gasteiger partial charge in [-0.3, -0.25) is 9.69 Å².